The predicted molar refractivity (Wildman–Crippen MR) is 129 cm³/mol. The van der Waals surface area contributed by atoms with Gasteiger partial charge in [-0.15, -0.1) is 0 Å². The lowest BCUT2D eigenvalue weighted by atomic mass is 10.1. The molecule has 1 aliphatic rings. The molecule has 1 saturated heterocycles. The van der Waals surface area contributed by atoms with Crippen molar-refractivity contribution in [1.29, 1.82) is 0 Å². The Morgan fingerprint density at radius 3 is 2.32 bits per heavy atom. The Kier molecular flexibility index (Phi) is 7.82. The summed E-state index contributed by atoms with van der Waals surface area (Å²) in [6.45, 7) is 7.58. The van der Waals surface area contributed by atoms with E-state index in [1.54, 1.807) is 29.3 Å². The van der Waals surface area contributed by atoms with E-state index in [2.05, 4.69) is 28.1 Å². The third-order valence-electron chi connectivity index (χ3n) is 4.86. The van der Waals surface area contributed by atoms with Gasteiger partial charge in [0.1, 0.15) is 5.82 Å². The maximum absolute atomic E-state index is 12.5. The van der Waals surface area contributed by atoms with Crippen LogP contribution < -0.4 is 19.3 Å². The van der Waals surface area contributed by atoms with Crippen molar-refractivity contribution in [3.63, 3.8) is 0 Å². The maximum atomic E-state index is 12.5. The zero-order valence-electron chi connectivity index (χ0n) is 19.3. The number of hydrogen-bond donors (Lipinski definition) is 3. The van der Waals surface area contributed by atoms with Crippen LogP contribution in [0.2, 0.25) is 0 Å². The SMILES string of the molecule is CC(C)(C)NC(=O)N(S)c1ccc(OC(=O)N2CCN(c3ccc(CC(=O)O)cn3)CC2)nc1. The molecule has 3 heterocycles. The molecule has 12 heteroatoms. The highest BCUT2D eigenvalue weighted by atomic mass is 32.1. The van der Waals surface area contributed by atoms with Gasteiger partial charge in [-0.25, -0.2) is 23.9 Å². The Bertz CT molecular complexity index is 1020. The average molecular weight is 489 g/mol. The highest BCUT2D eigenvalue weighted by Crippen LogP contribution is 2.20. The van der Waals surface area contributed by atoms with Crippen molar-refractivity contribution < 1.29 is 24.2 Å². The van der Waals surface area contributed by atoms with Gasteiger partial charge < -0.3 is 25.0 Å². The van der Waals surface area contributed by atoms with Crippen LogP contribution in [0.25, 0.3) is 0 Å². The van der Waals surface area contributed by atoms with Crippen molar-refractivity contribution in [2.75, 3.05) is 35.4 Å². The Labute approximate surface area is 203 Å². The molecule has 3 rings (SSSR count). The number of anilines is 2. The Morgan fingerprint density at radius 1 is 1.09 bits per heavy atom. The number of aromatic nitrogens is 2. The fourth-order valence-electron chi connectivity index (χ4n) is 3.20. The first-order valence-corrected chi connectivity index (χ1v) is 11.1. The van der Waals surface area contributed by atoms with E-state index in [1.807, 2.05) is 25.7 Å². The number of carbonyl (C=O) groups excluding carboxylic acids is 2. The van der Waals surface area contributed by atoms with Gasteiger partial charge in [0.05, 0.1) is 18.3 Å². The third-order valence-corrected chi connectivity index (χ3v) is 5.27. The van der Waals surface area contributed by atoms with Gasteiger partial charge in [0.15, 0.2) is 0 Å². The standard InChI is InChI=1S/C22H28N6O5S/c1-22(2,3)25-20(31)28(34)16-5-7-18(24-14-16)33-21(32)27-10-8-26(9-11-27)17-6-4-15(13-23-17)12-19(29)30/h4-7,13-14,34H,8-12H2,1-3H3,(H,25,31)(H,29,30). The molecule has 3 amide bonds. The van der Waals surface area contributed by atoms with E-state index in [4.69, 9.17) is 9.84 Å². The summed E-state index contributed by atoms with van der Waals surface area (Å²) in [6.07, 6.45) is 2.36. The molecule has 2 aromatic rings. The van der Waals surface area contributed by atoms with Crippen LogP contribution >= 0.6 is 12.8 Å². The largest absolute Gasteiger partial charge is 0.481 e. The summed E-state index contributed by atoms with van der Waals surface area (Å²) in [7, 11) is 0. The minimum absolute atomic E-state index is 0.0714. The van der Waals surface area contributed by atoms with Crippen LogP contribution in [-0.2, 0) is 11.2 Å². The molecule has 0 radical (unpaired) electrons. The number of rotatable bonds is 5. The first-order valence-electron chi connectivity index (χ1n) is 10.7. The van der Waals surface area contributed by atoms with Crippen LogP contribution in [0.3, 0.4) is 0 Å². The lowest BCUT2D eigenvalue weighted by Gasteiger charge is -2.34. The quantitative estimate of drug-likeness (QED) is 0.548. The number of hydrogen-bond acceptors (Lipinski definition) is 8. The summed E-state index contributed by atoms with van der Waals surface area (Å²) in [4.78, 5) is 47.5. The molecule has 34 heavy (non-hydrogen) atoms. The molecule has 1 fully saturated rings. The molecule has 2 aromatic heterocycles. The number of carboxylic acids is 1. The highest BCUT2D eigenvalue weighted by molar-refractivity contribution is 7.82. The van der Waals surface area contributed by atoms with Crippen LogP contribution in [0.1, 0.15) is 26.3 Å². The number of nitrogens with zero attached hydrogens (tertiary/aromatic N) is 5. The van der Waals surface area contributed by atoms with Gasteiger partial charge in [-0.3, -0.25) is 4.79 Å². The molecule has 0 bridgehead atoms. The minimum atomic E-state index is -0.903. The monoisotopic (exact) mass is 488 g/mol. The Balaban J connectivity index is 1.50. The van der Waals surface area contributed by atoms with Gasteiger partial charge in [0, 0.05) is 44.0 Å². The number of carboxylic acid groups (broad SMARTS) is 1. The third kappa shape index (κ3) is 6.98. The fraction of sp³-hybridized carbons (Fsp3) is 0.409. The lowest BCUT2D eigenvalue weighted by Crippen LogP contribution is -2.49. The van der Waals surface area contributed by atoms with E-state index in [0.29, 0.717) is 37.4 Å². The molecule has 0 aliphatic carbocycles. The van der Waals surface area contributed by atoms with Crippen molar-refractivity contribution in [2.45, 2.75) is 32.7 Å². The van der Waals surface area contributed by atoms with Crippen LogP contribution in [0.4, 0.5) is 21.1 Å². The minimum Gasteiger partial charge on any atom is -0.481 e. The number of ether oxygens (including phenoxy) is 1. The van der Waals surface area contributed by atoms with Gasteiger partial charge in [-0.2, -0.15) is 0 Å². The summed E-state index contributed by atoms with van der Waals surface area (Å²) in [6, 6.07) is 6.21. The predicted octanol–water partition coefficient (Wildman–Crippen LogP) is 2.58. The van der Waals surface area contributed by atoms with E-state index in [-0.39, 0.29) is 12.3 Å². The molecule has 1 aliphatic heterocycles. The normalized spacial score (nSPS) is 13.9. The lowest BCUT2D eigenvalue weighted by molar-refractivity contribution is -0.136. The number of amides is 3. The average Bonchev–Trinajstić information content (AvgIpc) is 2.78. The van der Waals surface area contributed by atoms with E-state index in [9.17, 15) is 14.4 Å². The van der Waals surface area contributed by atoms with Crippen molar-refractivity contribution in [2.24, 2.45) is 0 Å². The Hall–Kier alpha value is -3.54. The zero-order valence-corrected chi connectivity index (χ0v) is 20.2. The number of piperazine rings is 1. The number of aliphatic carboxylic acids is 1. The summed E-state index contributed by atoms with van der Waals surface area (Å²) in [5, 5.41) is 11.6. The van der Waals surface area contributed by atoms with Gasteiger partial charge in [0.2, 0.25) is 5.88 Å². The first kappa shape index (κ1) is 25.1. The highest BCUT2D eigenvalue weighted by Gasteiger charge is 2.24. The molecule has 182 valence electrons. The smallest absolute Gasteiger partial charge is 0.416 e. The second-order valence-electron chi connectivity index (χ2n) is 8.78. The molecule has 0 saturated carbocycles. The maximum Gasteiger partial charge on any atom is 0.416 e. The molecule has 0 aromatic carbocycles. The summed E-state index contributed by atoms with van der Waals surface area (Å²) >= 11 is 4.20. The summed E-state index contributed by atoms with van der Waals surface area (Å²) < 4.78 is 6.50. The van der Waals surface area contributed by atoms with Crippen molar-refractivity contribution in [1.82, 2.24) is 20.2 Å². The van der Waals surface area contributed by atoms with E-state index < -0.39 is 23.6 Å². The van der Waals surface area contributed by atoms with Crippen molar-refractivity contribution in [3.05, 3.63) is 42.2 Å². The molecule has 0 atom stereocenters. The second-order valence-corrected chi connectivity index (χ2v) is 9.18. The molecule has 11 nitrogen and oxygen atoms in total. The van der Waals surface area contributed by atoms with Crippen LogP contribution in [0.15, 0.2) is 36.7 Å². The zero-order chi connectivity index (χ0) is 24.9. The molecule has 2 N–H and O–H groups in total. The van der Waals surface area contributed by atoms with Crippen molar-refractivity contribution >= 4 is 42.4 Å². The van der Waals surface area contributed by atoms with E-state index >= 15 is 0 Å². The first-order chi connectivity index (χ1) is 16.0. The molecular weight excluding hydrogens is 460 g/mol. The summed E-state index contributed by atoms with van der Waals surface area (Å²) in [5.41, 5.74) is 0.651. The number of nitrogens with one attached hydrogen (secondary N) is 1. The number of carbonyl (C=O) groups is 3. The van der Waals surface area contributed by atoms with Crippen LogP contribution in [0, 0.1) is 0 Å². The summed E-state index contributed by atoms with van der Waals surface area (Å²) in [5.74, 6) is -0.0594. The van der Waals surface area contributed by atoms with Gasteiger partial charge in [-0.1, -0.05) is 18.9 Å². The number of pyridine rings is 2. The van der Waals surface area contributed by atoms with Crippen LogP contribution in [-0.4, -0.2) is 69.8 Å². The fourth-order valence-corrected chi connectivity index (χ4v) is 3.37. The van der Waals surface area contributed by atoms with Gasteiger partial charge in [-0.05, 0) is 38.5 Å². The Morgan fingerprint density at radius 2 is 1.79 bits per heavy atom. The second kappa shape index (κ2) is 10.6. The van der Waals surface area contributed by atoms with E-state index in [1.165, 1.54) is 12.3 Å². The molecular formula is C22H28N6O5S. The van der Waals surface area contributed by atoms with Crippen LogP contribution in [0.5, 0.6) is 5.88 Å². The van der Waals surface area contributed by atoms with Gasteiger partial charge >= 0.3 is 18.1 Å². The van der Waals surface area contributed by atoms with Gasteiger partial charge in [0.25, 0.3) is 0 Å². The number of thiol groups is 1. The van der Waals surface area contributed by atoms with E-state index in [0.717, 1.165) is 10.1 Å². The van der Waals surface area contributed by atoms with Crippen molar-refractivity contribution in [3.8, 4) is 5.88 Å². The molecule has 0 unspecified atom stereocenters. The topological polar surface area (TPSA) is 128 Å². The number of urea groups is 1. The molecule has 0 spiro atoms.